The maximum absolute atomic E-state index is 12.5. The van der Waals surface area contributed by atoms with Gasteiger partial charge in [-0.1, -0.05) is 0 Å². The molecule has 3 heterocycles. The van der Waals surface area contributed by atoms with Gasteiger partial charge in [0.2, 0.25) is 11.8 Å². The molecule has 0 unspecified atom stereocenters. The number of ether oxygens (including phenoxy) is 3. The average molecular weight is 397 g/mol. The molecule has 3 rings (SSSR count). The first kappa shape index (κ1) is 20.3. The van der Waals surface area contributed by atoms with Crippen molar-refractivity contribution in [3.05, 3.63) is 16.9 Å². The van der Waals surface area contributed by atoms with Crippen LogP contribution < -0.4 is 5.32 Å². The molecule has 1 aromatic rings. The predicted molar refractivity (Wildman–Crippen MR) is 105 cm³/mol. The van der Waals surface area contributed by atoms with Gasteiger partial charge < -0.3 is 18.6 Å². The first-order valence-corrected chi connectivity index (χ1v) is 9.86. The average Bonchev–Trinajstić information content (AvgIpc) is 2.96. The van der Waals surface area contributed by atoms with E-state index in [1.165, 1.54) is 0 Å². The van der Waals surface area contributed by atoms with Gasteiger partial charge in [0.25, 0.3) is 0 Å². The molecule has 1 amide bonds. The molecule has 0 spiro atoms. The third-order valence-electron chi connectivity index (χ3n) is 4.78. The number of thiocarbonyl (C=S) groups is 1. The SMILES string of the molecule is CCOC(=S)c1c(NC(=O)CCN2CCOCC2)oc2c1COC(C)(C)C2. The molecule has 2 aliphatic heterocycles. The minimum atomic E-state index is -0.313. The summed E-state index contributed by atoms with van der Waals surface area (Å²) in [5.41, 5.74) is 1.20. The second-order valence-corrected chi connectivity index (χ2v) is 7.78. The summed E-state index contributed by atoms with van der Waals surface area (Å²) >= 11 is 5.41. The van der Waals surface area contributed by atoms with Gasteiger partial charge in [0.05, 0.1) is 37.6 Å². The minimum absolute atomic E-state index is 0.103. The van der Waals surface area contributed by atoms with E-state index in [2.05, 4.69) is 10.2 Å². The van der Waals surface area contributed by atoms with Crippen LogP contribution in [0.25, 0.3) is 0 Å². The quantitative estimate of drug-likeness (QED) is 0.741. The van der Waals surface area contributed by atoms with Gasteiger partial charge in [0, 0.05) is 38.0 Å². The number of fused-ring (bicyclic) bond motifs is 1. The normalized spacial score (nSPS) is 19.4. The Morgan fingerprint density at radius 2 is 2.07 bits per heavy atom. The molecule has 8 heteroatoms. The lowest BCUT2D eigenvalue weighted by Crippen LogP contribution is -2.38. The Kier molecular flexibility index (Phi) is 6.52. The number of carbonyl (C=O) groups excluding carboxylic acids is 1. The summed E-state index contributed by atoms with van der Waals surface area (Å²) in [6.07, 6.45) is 1.00. The number of hydrogen-bond acceptors (Lipinski definition) is 7. The number of anilines is 1. The van der Waals surface area contributed by atoms with Crippen molar-refractivity contribution in [2.24, 2.45) is 0 Å². The second kappa shape index (κ2) is 8.68. The van der Waals surface area contributed by atoms with E-state index in [0.717, 1.165) is 37.6 Å². The van der Waals surface area contributed by atoms with Gasteiger partial charge in [-0.15, -0.1) is 0 Å². The summed E-state index contributed by atoms with van der Waals surface area (Å²) < 4.78 is 22.7. The Bertz CT molecular complexity index is 695. The van der Waals surface area contributed by atoms with E-state index >= 15 is 0 Å². The van der Waals surface area contributed by atoms with Crippen molar-refractivity contribution in [3.63, 3.8) is 0 Å². The van der Waals surface area contributed by atoms with Gasteiger partial charge in [-0.2, -0.15) is 0 Å². The molecule has 1 fully saturated rings. The molecule has 0 saturated carbocycles. The molecule has 1 aromatic heterocycles. The van der Waals surface area contributed by atoms with Crippen molar-refractivity contribution in [1.29, 1.82) is 0 Å². The highest BCUT2D eigenvalue weighted by atomic mass is 32.1. The van der Waals surface area contributed by atoms with E-state index < -0.39 is 0 Å². The van der Waals surface area contributed by atoms with Crippen molar-refractivity contribution in [2.45, 2.75) is 45.8 Å². The summed E-state index contributed by atoms with van der Waals surface area (Å²) in [6, 6.07) is 0. The summed E-state index contributed by atoms with van der Waals surface area (Å²) in [7, 11) is 0. The molecule has 0 radical (unpaired) electrons. The Morgan fingerprint density at radius 3 is 2.78 bits per heavy atom. The molecule has 1 N–H and O–H groups in total. The van der Waals surface area contributed by atoms with Crippen LogP contribution in [0.2, 0.25) is 0 Å². The lowest BCUT2D eigenvalue weighted by molar-refractivity contribution is -0.116. The predicted octanol–water partition coefficient (Wildman–Crippen LogP) is 2.50. The number of morpholine rings is 1. The fourth-order valence-electron chi connectivity index (χ4n) is 3.29. The second-order valence-electron chi connectivity index (χ2n) is 7.41. The summed E-state index contributed by atoms with van der Waals surface area (Å²) in [5, 5.41) is 3.22. The van der Waals surface area contributed by atoms with Crippen LogP contribution >= 0.6 is 12.2 Å². The number of nitrogens with zero attached hydrogens (tertiary/aromatic N) is 1. The molecule has 7 nitrogen and oxygen atoms in total. The van der Waals surface area contributed by atoms with E-state index in [0.29, 0.717) is 49.1 Å². The van der Waals surface area contributed by atoms with Crippen LogP contribution in [-0.2, 0) is 32.0 Å². The maximum Gasteiger partial charge on any atom is 0.227 e. The largest absolute Gasteiger partial charge is 0.483 e. The van der Waals surface area contributed by atoms with Crippen LogP contribution in [-0.4, -0.2) is 60.9 Å². The van der Waals surface area contributed by atoms with Crippen molar-refractivity contribution >= 4 is 29.1 Å². The van der Waals surface area contributed by atoms with Crippen LogP contribution in [0.1, 0.15) is 44.1 Å². The van der Waals surface area contributed by atoms with Crippen LogP contribution in [0.5, 0.6) is 0 Å². The van der Waals surface area contributed by atoms with Gasteiger partial charge in [0.15, 0.2) is 5.05 Å². The van der Waals surface area contributed by atoms with E-state index in [4.69, 9.17) is 30.8 Å². The topological polar surface area (TPSA) is 73.2 Å². The van der Waals surface area contributed by atoms with Crippen molar-refractivity contribution in [2.75, 3.05) is 44.8 Å². The van der Waals surface area contributed by atoms with E-state index in [1.54, 1.807) is 0 Å². The van der Waals surface area contributed by atoms with Crippen LogP contribution in [0.3, 0.4) is 0 Å². The fraction of sp³-hybridized carbons (Fsp3) is 0.684. The number of rotatable bonds is 6. The third-order valence-corrected chi connectivity index (χ3v) is 5.10. The lowest BCUT2D eigenvalue weighted by Gasteiger charge is -2.29. The highest BCUT2D eigenvalue weighted by molar-refractivity contribution is 7.80. The van der Waals surface area contributed by atoms with Crippen LogP contribution in [0, 0.1) is 0 Å². The van der Waals surface area contributed by atoms with Crippen molar-refractivity contribution in [1.82, 2.24) is 4.90 Å². The van der Waals surface area contributed by atoms with Gasteiger partial charge in [-0.3, -0.25) is 15.0 Å². The lowest BCUT2D eigenvalue weighted by atomic mass is 9.96. The molecule has 0 aliphatic carbocycles. The molecule has 27 heavy (non-hydrogen) atoms. The van der Waals surface area contributed by atoms with Gasteiger partial charge >= 0.3 is 0 Å². The highest BCUT2D eigenvalue weighted by Gasteiger charge is 2.34. The Hall–Kier alpha value is -1.48. The Labute approximate surface area is 165 Å². The smallest absolute Gasteiger partial charge is 0.227 e. The number of nitrogens with one attached hydrogen (secondary N) is 1. The number of amides is 1. The zero-order valence-electron chi connectivity index (χ0n) is 16.3. The molecule has 0 atom stereocenters. The molecule has 2 aliphatic rings. The minimum Gasteiger partial charge on any atom is -0.483 e. The molecular weight excluding hydrogens is 368 g/mol. The highest BCUT2D eigenvalue weighted by Crippen LogP contribution is 2.36. The number of carbonyl (C=O) groups is 1. The molecule has 0 bridgehead atoms. The van der Waals surface area contributed by atoms with E-state index in [9.17, 15) is 4.79 Å². The summed E-state index contributed by atoms with van der Waals surface area (Å²) in [5.74, 6) is 1.06. The first-order valence-electron chi connectivity index (χ1n) is 9.45. The zero-order chi connectivity index (χ0) is 19.4. The zero-order valence-corrected chi connectivity index (χ0v) is 17.1. The summed E-state index contributed by atoms with van der Waals surface area (Å²) in [6.45, 7) is 10.6. The van der Waals surface area contributed by atoms with Crippen molar-refractivity contribution < 1.29 is 23.4 Å². The van der Waals surface area contributed by atoms with Gasteiger partial charge in [-0.25, -0.2) is 0 Å². The van der Waals surface area contributed by atoms with Crippen LogP contribution in [0.4, 0.5) is 5.88 Å². The fourth-order valence-corrected chi connectivity index (χ4v) is 3.63. The van der Waals surface area contributed by atoms with Crippen molar-refractivity contribution in [3.8, 4) is 0 Å². The van der Waals surface area contributed by atoms with E-state index in [1.807, 2.05) is 20.8 Å². The molecular formula is C19H28N2O5S. The monoisotopic (exact) mass is 396 g/mol. The standard InChI is InChI=1S/C19H28N2O5S/c1-4-24-18(27)16-13-12-25-19(2,3)11-14(13)26-17(16)20-15(22)5-6-21-7-9-23-10-8-21/h4-12H2,1-3H3,(H,20,22). The van der Waals surface area contributed by atoms with Gasteiger partial charge in [0.1, 0.15) is 5.76 Å². The number of hydrogen-bond donors (Lipinski definition) is 1. The Morgan fingerprint density at radius 1 is 1.33 bits per heavy atom. The van der Waals surface area contributed by atoms with Gasteiger partial charge in [-0.05, 0) is 33.0 Å². The Balaban J connectivity index is 1.72. The summed E-state index contributed by atoms with van der Waals surface area (Å²) in [4.78, 5) is 14.7. The van der Waals surface area contributed by atoms with E-state index in [-0.39, 0.29) is 11.5 Å². The third kappa shape index (κ3) is 5.07. The van der Waals surface area contributed by atoms with Crippen LogP contribution in [0.15, 0.2) is 4.42 Å². The molecule has 0 aromatic carbocycles. The maximum atomic E-state index is 12.5. The molecule has 150 valence electrons. The number of furan rings is 1. The first-order chi connectivity index (χ1) is 12.9. The molecule has 1 saturated heterocycles.